The Kier molecular flexibility index (Phi) is 6.02. The SMILES string of the molecule is Cc1cc(-c2noc(CCC(=O)Nc3cc(C(C)(C)C)nn3C(C)(C)C)n2)ccc1F. The van der Waals surface area contributed by atoms with Gasteiger partial charge in [0.1, 0.15) is 11.6 Å². The summed E-state index contributed by atoms with van der Waals surface area (Å²) in [5.74, 6) is 0.942. The first kappa shape index (κ1) is 22.7. The fourth-order valence-corrected chi connectivity index (χ4v) is 3.03. The lowest BCUT2D eigenvalue weighted by molar-refractivity contribution is -0.116. The average molecular weight is 428 g/mol. The molecule has 0 atom stereocenters. The lowest BCUT2D eigenvalue weighted by Gasteiger charge is -2.23. The van der Waals surface area contributed by atoms with E-state index < -0.39 is 0 Å². The van der Waals surface area contributed by atoms with Crippen molar-refractivity contribution in [2.24, 2.45) is 0 Å². The largest absolute Gasteiger partial charge is 0.339 e. The number of anilines is 1. The number of rotatable bonds is 5. The monoisotopic (exact) mass is 427 g/mol. The van der Waals surface area contributed by atoms with Crippen LogP contribution in [0.1, 0.15) is 65.1 Å². The average Bonchev–Trinajstić information content (AvgIpc) is 3.29. The quantitative estimate of drug-likeness (QED) is 0.619. The van der Waals surface area contributed by atoms with Gasteiger partial charge in [-0.15, -0.1) is 0 Å². The summed E-state index contributed by atoms with van der Waals surface area (Å²) in [4.78, 5) is 16.9. The lowest BCUT2D eigenvalue weighted by Crippen LogP contribution is -2.27. The standard InChI is InChI=1S/C23H30FN5O2/c1-14-12-15(8-9-16(14)24)21-26-20(31-28-21)11-10-19(30)25-18-13-17(22(2,3)4)27-29(18)23(5,6)7/h8-9,12-13H,10-11H2,1-7H3,(H,25,30). The predicted octanol–water partition coefficient (Wildman–Crippen LogP) is 5.00. The summed E-state index contributed by atoms with van der Waals surface area (Å²) in [6, 6.07) is 6.56. The van der Waals surface area contributed by atoms with Crippen LogP contribution in [0.2, 0.25) is 0 Å². The van der Waals surface area contributed by atoms with E-state index in [0.29, 0.717) is 35.1 Å². The second-order valence-electron chi connectivity index (χ2n) is 9.77. The molecule has 166 valence electrons. The van der Waals surface area contributed by atoms with Gasteiger partial charge in [0.15, 0.2) is 0 Å². The van der Waals surface area contributed by atoms with Crippen molar-refractivity contribution in [1.29, 1.82) is 0 Å². The van der Waals surface area contributed by atoms with Gasteiger partial charge in [-0.3, -0.25) is 4.79 Å². The Balaban J connectivity index is 1.68. The molecule has 2 aromatic heterocycles. The number of hydrogen-bond acceptors (Lipinski definition) is 5. The molecule has 7 nitrogen and oxygen atoms in total. The predicted molar refractivity (Wildman–Crippen MR) is 117 cm³/mol. The van der Waals surface area contributed by atoms with E-state index in [-0.39, 0.29) is 29.1 Å². The summed E-state index contributed by atoms with van der Waals surface area (Å²) in [5, 5.41) is 11.6. The van der Waals surface area contributed by atoms with E-state index in [1.165, 1.54) is 6.07 Å². The van der Waals surface area contributed by atoms with E-state index in [4.69, 9.17) is 9.62 Å². The molecule has 0 radical (unpaired) electrons. The molecule has 0 aliphatic heterocycles. The molecule has 0 spiro atoms. The Labute approximate surface area is 182 Å². The second kappa shape index (κ2) is 8.24. The Morgan fingerprint density at radius 3 is 2.48 bits per heavy atom. The zero-order valence-electron chi connectivity index (χ0n) is 19.2. The highest BCUT2D eigenvalue weighted by atomic mass is 19.1. The maximum atomic E-state index is 13.5. The molecular formula is C23H30FN5O2. The molecule has 0 bridgehead atoms. The second-order valence-corrected chi connectivity index (χ2v) is 9.77. The molecule has 1 aromatic carbocycles. The topological polar surface area (TPSA) is 85.8 Å². The minimum absolute atomic E-state index is 0.130. The molecule has 0 fully saturated rings. The number of amides is 1. The Hall–Kier alpha value is -3.03. The summed E-state index contributed by atoms with van der Waals surface area (Å²) in [5.41, 5.74) is 1.68. The molecule has 1 N–H and O–H groups in total. The van der Waals surface area contributed by atoms with E-state index >= 15 is 0 Å². The van der Waals surface area contributed by atoms with E-state index in [1.807, 2.05) is 31.5 Å². The van der Waals surface area contributed by atoms with Gasteiger partial charge in [-0.05, 0) is 51.5 Å². The summed E-state index contributed by atoms with van der Waals surface area (Å²) in [6.07, 6.45) is 0.485. The Morgan fingerprint density at radius 2 is 1.87 bits per heavy atom. The molecule has 2 heterocycles. The van der Waals surface area contributed by atoms with Gasteiger partial charge in [-0.25, -0.2) is 9.07 Å². The van der Waals surface area contributed by atoms with Gasteiger partial charge in [-0.2, -0.15) is 10.1 Å². The Bertz CT molecular complexity index is 1090. The summed E-state index contributed by atoms with van der Waals surface area (Å²) < 4.78 is 20.6. The van der Waals surface area contributed by atoms with Gasteiger partial charge < -0.3 is 9.84 Å². The van der Waals surface area contributed by atoms with Crippen LogP contribution in [0.25, 0.3) is 11.4 Å². The molecular weight excluding hydrogens is 397 g/mol. The van der Waals surface area contributed by atoms with Crippen LogP contribution in [-0.4, -0.2) is 25.8 Å². The molecule has 31 heavy (non-hydrogen) atoms. The van der Waals surface area contributed by atoms with Gasteiger partial charge in [0.25, 0.3) is 0 Å². The molecule has 3 aromatic rings. The number of nitrogens with one attached hydrogen (secondary N) is 1. The molecule has 8 heteroatoms. The van der Waals surface area contributed by atoms with Gasteiger partial charge in [-0.1, -0.05) is 25.9 Å². The first-order valence-corrected chi connectivity index (χ1v) is 10.3. The van der Waals surface area contributed by atoms with E-state index in [2.05, 4.69) is 36.2 Å². The van der Waals surface area contributed by atoms with Crippen LogP contribution in [0.3, 0.4) is 0 Å². The number of nitrogens with zero attached hydrogens (tertiary/aromatic N) is 4. The van der Waals surface area contributed by atoms with Gasteiger partial charge in [0.2, 0.25) is 17.6 Å². The van der Waals surface area contributed by atoms with Gasteiger partial charge in [0, 0.05) is 29.9 Å². The smallest absolute Gasteiger partial charge is 0.227 e. The van der Waals surface area contributed by atoms with Crippen LogP contribution in [0.15, 0.2) is 28.8 Å². The van der Waals surface area contributed by atoms with Crippen molar-refractivity contribution < 1.29 is 13.7 Å². The number of aryl methyl sites for hydroxylation is 2. The first-order chi connectivity index (χ1) is 14.3. The molecule has 1 amide bonds. The van der Waals surface area contributed by atoms with Crippen molar-refractivity contribution in [2.75, 3.05) is 5.32 Å². The first-order valence-electron chi connectivity index (χ1n) is 10.3. The number of benzene rings is 1. The van der Waals surface area contributed by atoms with E-state index in [1.54, 1.807) is 19.1 Å². The third-order valence-corrected chi connectivity index (χ3v) is 4.83. The highest BCUT2D eigenvalue weighted by Crippen LogP contribution is 2.28. The number of hydrogen-bond donors (Lipinski definition) is 1. The molecule has 0 aliphatic carbocycles. The highest BCUT2D eigenvalue weighted by molar-refractivity contribution is 5.90. The zero-order valence-corrected chi connectivity index (χ0v) is 19.2. The summed E-state index contributed by atoms with van der Waals surface area (Å²) in [6.45, 7) is 14.1. The molecule has 0 aliphatic rings. The van der Waals surface area contributed by atoms with Crippen LogP contribution >= 0.6 is 0 Å². The molecule has 0 saturated carbocycles. The van der Waals surface area contributed by atoms with Crippen LogP contribution in [0, 0.1) is 12.7 Å². The summed E-state index contributed by atoms with van der Waals surface area (Å²) >= 11 is 0. The molecule has 3 rings (SSSR count). The van der Waals surface area contributed by atoms with Crippen molar-refractivity contribution in [1.82, 2.24) is 19.9 Å². The van der Waals surface area contributed by atoms with E-state index in [9.17, 15) is 9.18 Å². The van der Waals surface area contributed by atoms with E-state index in [0.717, 1.165) is 5.69 Å². The number of aromatic nitrogens is 4. The normalized spacial score (nSPS) is 12.3. The number of carbonyl (C=O) groups excluding carboxylic acids is 1. The third kappa shape index (κ3) is 5.37. The maximum Gasteiger partial charge on any atom is 0.227 e. The highest BCUT2D eigenvalue weighted by Gasteiger charge is 2.25. The number of halogens is 1. The van der Waals surface area contributed by atoms with Crippen LogP contribution in [-0.2, 0) is 22.2 Å². The minimum atomic E-state index is -0.284. The van der Waals surface area contributed by atoms with Crippen LogP contribution in [0.5, 0.6) is 0 Å². The fourth-order valence-electron chi connectivity index (χ4n) is 3.03. The minimum Gasteiger partial charge on any atom is -0.339 e. The van der Waals surface area contributed by atoms with Crippen molar-refractivity contribution in [2.45, 2.75) is 72.3 Å². The van der Waals surface area contributed by atoms with Crippen molar-refractivity contribution >= 4 is 11.7 Å². The fraction of sp³-hybridized carbons (Fsp3) is 0.478. The van der Waals surface area contributed by atoms with Gasteiger partial charge in [0.05, 0.1) is 11.2 Å². The van der Waals surface area contributed by atoms with Crippen LogP contribution in [0.4, 0.5) is 10.2 Å². The summed E-state index contributed by atoms with van der Waals surface area (Å²) in [7, 11) is 0. The third-order valence-electron chi connectivity index (χ3n) is 4.83. The molecule has 0 saturated heterocycles. The Morgan fingerprint density at radius 1 is 1.16 bits per heavy atom. The van der Waals surface area contributed by atoms with Crippen LogP contribution < -0.4 is 5.32 Å². The number of carbonyl (C=O) groups is 1. The zero-order chi connectivity index (χ0) is 23.0. The lowest BCUT2D eigenvalue weighted by atomic mass is 9.92. The van der Waals surface area contributed by atoms with Crippen molar-refractivity contribution in [3.63, 3.8) is 0 Å². The molecule has 0 unspecified atom stereocenters. The maximum absolute atomic E-state index is 13.5. The van der Waals surface area contributed by atoms with Crippen molar-refractivity contribution in [3.05, 3.63) is 47.2 Å². The van der Waals surface area contributed by atoms with Crippen molar-refractivity contribution in [3.8, 4) is 11.4 Å². The van der Waals surface area contributed by atoms with Gasteiger partial charge >= 0.3 is 0 Å².